The summed E-state index contributed by atoms with van der Waals surface area (Å²) in [6.07, 6.45) is 6.01. The summed E-state index contributed by atoms with van der Waals surface area (Å²) in [5.41, 5.74) is 1.78. The molecule has 0 atom stereocenters. The number of imidazole rings is 1. The molecule has 4 heteroatoms. The number of amides is 1. The monoisotopic (exact) mass is 243 g/mol. The van der Waals surface area contributed by atoms with E-state index in [1.54, 1.807) is 12.4 Å². The molecule has 0 unspecified atom stereocenters. The molecule has 1 aromatic carbocycles. The molecular weight excluding hydrogens is 226 g/mol. The molecule has 18 heavy (non-hydrogen) atoms. The van der Waals surface area contributed by atoms with Gasteiger partial charge in [0.15, 0.2) is 0 Å². The third-order valence-corrected chi connectivity index (χ3v) is 2.68. The van der Waals surface area contributed by atoms with E-state index in [0.29, 0.717) is 6.42 Å². The molecule has 94 valence electrons. The number of carbonyl (C=O) groups excluding carboxylic acids is 1. The van der Waals surface area contributed by atoms with Crippen molar-refractivity contribution in [1.82, 2.24) is 9.97 Å². The van der Waals surface area contributed by atoms with Crippen molar-refractivity contribution in [2.75, 3.05) is 5.32 Å². The molecule has 0 radical (unpaired) electrons. The van der Waals surface area contributed by atoms with Crippen LogP contribution in [0.25, 0.3) is 11.4 Å². The van der Waals surface area contributed by atoms with Crippen molar-refractivity contribution >= 4 is 11.6 Å². The Balaban J connectivity index is 2.06. The largest absolute Gasteiger partial charge is 0.345 e. The Bertz CT molecular complexity index is 506. The predicted octanol–water partition coefficient (Wildman–Crippen LogP) is 3.21. The maximum atomic E-state index is 11.6. The van der Waals surface area contributed by atoms with Gasteiger partial charge in [0, 0.05) is 30.1 Å². The van der Waals surface area contributed by atoms with Gasteiger partial charge in [-0.1, -0.05) is 25.5 Å². The van der Waals surface area contributed by atoms with Crippen molar-refractivity contribution < 1.29 is 4.79 Å². The van der Waals surface area contributed by atoms with E-state index in [1.165, 1.54) is 0 Å². The topological polar surface area (TPSA) is 57.8 Å². The molecule has 1 heterocycles. The number of H-pyrrole nitrogens is 1. The minimum atomic E-state index is 0.0634. The molecule has 0 saturated carbocycles. The molecule has 2 aromatic rings. The molecule has 0 fully saturated rings. The standard InChI is InChI=1S/C14H17N3O/c1-2-3-7-13(18)17-12-6-4-5-11(10-12)14-15-8-9-16-14/h4-6,8-10H,2-3,7H2,1H3,(H,15,16)(H,17,18). The van der Waals surface area contributed by atoms with Crippen LogP contribution in [0, 0.1) is 0 Å². The second-order valence-electron chi connectivity index (χ2n) is 4.17. The van der Waals surface area contributed by atoms with E-state index < -0.39 is 0 Å². The van der Waals surface area contributed by atoms with Crippen LogP contribution in [-0.2, 0) is 4.79 Å². The van der Waals surface area contributed by atoms with E-state index in [0.717, 1.165) is 29.9 Å². The van der Waals surface area contributed by atoms with Gasteiger partial charge in [-0.15, -0.1) is 0 Å². The van der Waals surface area contributed by atoms with Crippen LogP contribution in [0.1, 0.15) is 26.2 Å². The molecule has 0 saturated heterocycles. The number of nitrogens with zero attached hydrogens (tertiary/aromatic N) is 1. The lowest BCUT2D eigenvalue weighted by molar-refractivity contribution is -0.116. The van der Waals surface area contributed by atoms with Crippen molar-refractivity contribution in [3.63, 3.8) is 0 Å². The Kier molecular flexibility index (Phi) is 4.12. The number of anilines is 1. The maximum Gasteiger partial charge on any atom is 0.224 e. The van der Waals surface area contributed by atoms with E-state index in [4.69, 9.17) is 0 Å². The van der Waals surface area contributed by atoms with Crippen molar-refractivity contribution in [2.45, 2.75) is 26.2 Å². The average molecular weight is 243 g/mol. The fourth-order valence-corrected chi connectivity index (χ4v) is 1.73. The smallest absolute Gasteiger partial charge is 0.224 e. The lowest BCUT2D eigenvalue weighted by atomic mass is 10.2. The van der Waals surface area contributed by atoms with Gasteiger partial charge in [-0.05, 0) is 18.6 Å². The number of nitrogens with one attached hydrogen (secondary N) is 2. The molecule has 0 aliphatic rings. The predicted molar refractivity (Wildman–Crippen MR) is 72.2 cm³/mol. The summed E-state index contributed by atoms with van der Waals surface area (Å²) in [5, 5.41) is 2.90. The van der Waals surface area contributed by atoms with Crippen LogP contribution >= 0.6 is 0 Å². The number of unbranched alkanes of at least 4 members (excludes halogenated alkanes) is 1. The molecule has 4 nitrogen and oxygen atoms in total. The van der Waals surface area contributed by atoms with Crippen molar-refractivity contribution in [1.29, 1.82) is 0 Å². The van der Waals surface area contributed by atoms with Crippen LogP contribution in [0.3, 0.4) is 0 Å². The number of hydrogen-bond donors (Lipinski definition) is 2. The zero-order valence-electron chi connectivity index (χ0n) is 10.4. The minimum absolute atomic E-state index is 0.0634. The van der Waals surface area contributed by atoms with E-state index >= 15 is 0 Å². The van der Waals surface area contributed by atoms with Gasteiger partial charge in [-0.3, -0.25) is 4.79 Å². The number of carbonyl (C=O) groups is 1. The fourth-order valence-electron chi connectivity index (χ4n) is 1.73. The van der Waals surface area contributed by atoms with Gasteiger partial charge in [0.1, 0.15) is 5.82 Å². The minimum Gasteiger partial charge on any atom is -0.345 e. The zero-order valence-corrected chi connectivity index (χ0v) is 10.4. The number of aromatic nitrogens is 2. The van der Waals surface area contributed by atoms with Crippen molar-refractivity contribution in [2.24, 2.45) is 0 Å². The van der Waals surface area contributed by atoms with Gasteiger partial charge < -0.3 is 10.3 Å². The van der Waals surface area contributed by atoms with E-state index in [2.05, 4.69) is 22.2 Å². The van der Waals surface area contributed by atoms with Gasteiger partial charge in [0.05, 0.1) is 0 Å². The van der Waals surface area contributed by atoms with Gasteiger partial charge in [0.2, 0.25) is 5.91 Å². The third-order valence-electron chi connectivity index (χ3n) is 2.68. The molecule has 1 aromatic heterocycles. The van der Waals surface area contributed by atoms with Crippen LogP contribution in [-0.4, -0.2) is 15.9 Å². The fraction of sp³-hybridized carbons (Fsp3) is 0.286. The summed E-state index contributed by atoms with van der Waals surface area (Å²) in [6, 6.07) is 7.67. The van der Waals surface area contributed by atoms with Gasteiger partial charge in [0.25, 0.3) is 0 Å². The van der Waals surface area contributed by atoms with E-state index in [9.17, 15) is 4.79 Å². The summed E-state index contributed by atoms with van der Waals surface area (Å²) in [7, 11) is 0. The van der Waals surface area contributed by atoms with Crippen LogP contribution < -0.4 is 5.32 Å². The number of rotatable bonds is 5. The van der Waals surface area contributed by atoms with E-state index in [1.807, 2.05) is 24.3 Å². The summed E-state index contributed by atoms with van der Waals surface area (Å²) in [5.74, 6) is 0.869. The summed E-state index contributed by atoms with van der Waals surface area (Å²) in [6.45, 7) is 2.07. The first-order valence-corrected chi connectivity index (χ1v) is 6.19. The molecule has 0 spiro atoms. The number of hydrogen-bond acceptors (Lipinski definition) is 2. The summed E-state index contributed by atoms with van der Waals surface area (Å²) in [4.78, 5) is 18.9. The molecule has 0 aliphatic carbocycles. The Hall–Kier alpha value is -2.10. The Labute approximate surface area is 106 Å². The molecule has 2 rings (SSSR count). The molecule has 0 bridgehead atoms. The molecule has 2 N–H and O–H groups in total. The second-order valence-corrected chi connectivity index (χ2v) is 4.17. The SMILES string of the molecule is CCCCC(=O)Nc1cccc(-c2ncc[nH]2)c1. The number of aromatic amines is 1. The Morgan fingerprint density at radius 3 is 3.06 bits per heavy atom. The lowest BCUT2D eigenvalue weighted by Gasteiger charge is -2.06. The average Bonchev–Trinajstić information content (AvgIpc) is 2.90. The highest BCUT2D eigenvalue weighted by Gasteiger charge is 2.04. The van der Waals surface area contributed by atoms with Crippen LogP contribution in [0.15, 0.2) is 36.7 Å². The normalized spacial score (nSPS) is 10.3. The van der Waals surface area contributed by atoms with Crippen molar-refractivity contribution in [3.8, 4) is 11.4 Å². The molecule has 1 amide bonds. The second kappa shape index (κ2) is 6.00. The first kappa shape index (κ1) is 12.4. The quantitative estimate of drug-likeness (QED) is 0.847. The Morgan fingerprint density at radius 2 is 2.33 bits per heavy atom. The maximum absolute atomic E-state index is 11.6. The van der Waals surface area contributed by atoms with E-state index in [-0.39, 0.29) is 5.91 Å². The van der Waals surface area contributed by atoms with Gasteiger partial charge in [-0.2, -0.15) is 0 Å². The third kappa shape index (κ3) is 3.20. The van der Waals surface area contributed by atoms with Crippen LogP contribution in [0.5, 0.6) is 0 Å². The first-order chi connectivity index (χ1) is 8.79. The Morgan fingerprint density at radius 1 is 1.44 bits per heavy atom. The van der Waals surface area contributed by atoms with Crippen LogP contribution in [0.2, 0.25) is 0 Å². The first-order valence-electron chi connectivity index (χ1n) is 6.19. The zero-order chi connectivity index (χ0) is 12.8. The molecular formula is C14H17N3O. The highest BCUT2D eigenvalue weighted by molar-refractivity contribution is 5.91. The lowest BCUT2D eigenvalue weighted by Crippen LogP contribution is -2.10. The van der Waals surface area contributed by atoms with Gasteiger partial charge >= 0.3 is 0 Å². The number of benzene rings is 1. The van der Waals surface area contributed by atoms with Crippen LogP contribution in [0.4, 0.5) is 5.69 Å². The molecule has 0 aliphatic heterocycles. The summed E-state index contributed by atoms with van der Waals surface area (Å²) < 4.78 is 0. The highest BCUT2D eigenvalue weighted by Crippen LogP contribution is 2.19. The highest BCUT2D eigenvalue weighted by atomic mass is 16.1. The van der Waals surface area contributed by atoms with Gasteiger partial charge in [-0.25, -0.2) is 4.98 Å². The summed E-state index contributed by atoms with van der Waals surface area (Å²) >= 11 is 0. The van der Waals surface area contributed by atoms with Crippen molar-refractivity contribution in [3.05, 3.63) is 36.7 Å².